The normalized spacial score (nSPS) is 10.4. The van der Waals surface area contributed by atoms with Gasteiger partial charge in [0.05, 0.1) is 26.3 Å². The van der Waals surface area contributed by atoms with Gasteiger partial charge in [0.1, 0.15) is 0 Å². The van der Waals surface area contributed by atoms with Crippen LogP contribution in [-0.2, 0) is 6.54 Å². The Kier molecular flexibility index (Phi) is 5.68. The van der Waals surface area contributed by atoms with Gasteiger partial charge >= 0.3 is 0 Å². The first-order chi connectivity index (χ1) is 11.6. The van der Waals surface area contributed by atoms with Crippen LogP contribution >= 0.6 is 46.8 Å². The minimum atomic E-state index is 0.448. The first-order valence-electron chi connectivity index (χ1n) is 7.12. The Morgan fingerprint density at radius 2 is 2.00 bits per heavy atom. The maximum atomic E-state index is 6.16. The summed E-state index contributed by atoms with van der Waals surface area (Å²) in [5, 5.41) is 9.68. The van der Waals surface area contributed by atoms with Crippen LogP contribution in [0.25, 0.3) is 10.6 Å². The number of thiophene rings is 1. The topological polar surface area (TPSA) is 37.0 Å². The molecule has 24 heavy (non-hydrogen) atoms. The van der Waals surface area contributed by atoms with E-state index in [2.05, 4.69) is 21.7 Å². The maximum absolute atomic E-state index is 6.16. The second-order valence-corrected chi connectivity index (χ2v) is 7.04. The molecule has 1 aromatic carbocycles. The molecule has 2 aromatic heterocycles. The summed E-state index contributed by atoms with van der Waals surface area (Å²) in [4.78, 5) is 5.61. The largest absolute Gasteiger partial charge is 0.358 e. The number of anilines is 1. The summed E-state index contributed by atoms with van der Waals surface area (Å²) in [6, 6.07) is 13.4. The molecule has 0 saturated heterocycles. The molecule has 0 aliphatic carbocycles. The van der Waals surface area contributed by atoms with Gasteiger partial charge < -0.3 is 10.6 Å². The Morgan fingerprint density at radius 1 is 1.12 bits per heavy atom. The minimum Gasteiger partial charge on any atom is -0.358 e. The summed E-state index contributed by atoms with van der Waals surface area (Å²) in [5.74, 6) is 0. The van der Waals surface area contributed by atoms with E-state index >= 15 is 0 Å². The molecule has 3 nitrogen and oxygen atoms in total. The van der Waals surface area contributed by atoms with Crippen molar-refractivity contribution in [2.45, 2.75) is 6.54 Å². The molecule has 122 valence electrons. The summed E-state index contributed by atoms with van der Waals surface area (Å²) in [5.41, 5.74) is 2.70. The molecule has 2 N–H and O–H groups in total. The Labute approximate surface area is 159 Å². The standard InChI is InChI=1S/C17H13Cl2N3S2/c18-12-5-1-6-13(15(12)19)22-17(23)21-10-11-4-2-8-20-16(11)14-7-3-9-24-14/h1-9H,10H2,(H2,21,22,23). The number of rotatable bonds is 4. The van der Waals surface area contributed by atoms with Gasteiger partial charge in [-0.25, -0.2) is 0 Å². The smallest absolute Gasteiger partial charge is 0.171 e. The molecular weight excluding hydrogens is 381 g/mol. The fourth-order valence-electron chi connectivity index (χ4n) is 2.16. The van der Waals surface area contributed by atoms with Crippen LogP contribution < -0.4 is 10.6 Å². The SMILES string of the molecule is S=C(NCc1cccnc1-c1cccs1)Nc1cccc(Cl)c1Cl. The molecule has 0 radical (unpaired) electrons. The van der Waals surface area contributed by atoms with Crippen molar-refractivity contribution >= 4 is 57.6 Å². The zero-order valence-electron chi connectivity index (χ0n) is 12.4. The second-order valence-electron chi connectivity index (χ2n) is 4.90. The lowest BCUT2D eigenvalue weighted by Crippen LogP contribution is -2.28. The maximum Gasteiger partial charge on any atom is 0.171 e. The highest BCUT2D eigenvalue weighted by Gasteiger charge is 2.09. The van der Waals surface area contributed by atoms with E-state index in [1.165, 1.54) is 0 Å². The monoisotopic (exact) mass is 393 g/mol. The molecule has 0 atom stereocenters. The number of hydrogen-bond donors (Lipinski definition) is 2. The molecule has 0 fully saturated rings. The van der Waals surface area contributed by atoms with Crippen molar-refractivity contribution < 1.29 is 0 Å². The molecule has 7 heteroatoms. The first kappa shape index (κ1) is 17.2. The average Bonchev–Trinajstić information content (AvgIpc) is 3.12. The summed E-state index contributed by atoms with van der Waals surface area (Å²) in [7, 11) is 0. The van der Waals surface area contributed by atoms with Crippen LogP contribution in [0, 0.1) is 0 Å². The lowest BCUT2D eigenvalue weighted by molar-refractivity contribution is 0.920. The number of nitrogens with one attached hydrogen (secondary N) is 2. The van der Waals surface area contributed by atoms with Crippen LogP contribution in [0.15, 0.2) is 54.0 Å². The highest BCUT2D eigenvalue weighted by atomic mass is 35.5. The number of aromatic nitrogens is 1. The average molecular weight is 394 g/mol. The fraction of sp³-hybridized carbons (Fsp3) is 0.0588. The molecule has 0 aliphatic rings. The van der Waals surface area contributed by atoms with Crippen LogP contribution in [0.2, 0.25) is 10.0 Å². The van der Waals surface area contributed by atoms with Crippen molar-refractivity contribution in [3.63, 3.8) is 0 Å². The molecule has 0 aliphatic heterocycles. The molecule has 0 saturated carbocycles. The molecule has 2 heterocycles. The molecule has 0 spiro atoms. The predicted octanol–water partition coefficient (Wildman–Crippen LogP) is 5.60. The van der Waals surface area contributed by atoms with Crippen molar-refractivity contribution in [3.8, 4) is 10.6 Å². The summed E-state index contributed by atoms with van der Waals surface area (Å²) in [6.45, 7) is 0.561. The van der Waals surface area contributed by atoms with E-state index in [9.17, 15) is 0 Å². The Bertz CT molecular complexity index is 851. The van der Waals surface area contributed by atoms with E-state index in [4.69, 9.17) is 35.4 Å². The van der Waals surface area contributed by atoms with E-state index < -0.39 is 0 Å². The number of hydrogen-bond acceptors (Lipinski definition) is 3. The van der Waals surface area contributed by atoms with Crippen molar-refractivity contribution in [2.75, 3.05) is 5.32 Å². The van der Waals surface area contributed by atoms with Crippen molar-refractivity contribution in [3.05, 3.63) is 69.7 Å². The van der Waals surface area contributed by atoms with Crippen LogP contribution in [0.4, 0.5) is 5.69 Å². The first-order valence-corrected chi connectivity index (χ1v) is 9.16. The molecule has 0 amide bonds. The number of halogens is 2. The number of benzene rings is 1. The van der Waals surface area contributed by atoms with E-state index in [0.29, 0.717) is 27.4 Å². The Balaban J connectivity index is 1.68. The zero-order chi connectivity index (χ0) is 16.9. The predicted molar refractivity (Wildman–Crippen MR) is 107 cm³/mol. The third kappa shape index (κ3) is 4.05. The molecule has 0 unspecified atom stereocenters. The van der Waals surface area contributed by atoms with Gasteiger partial charge in [-0.3, -0.25) is 4.98 Å². The summed E-state index contributed by atoms with van der Waals surface area (Å²) in [6.07, 6.45) is 1.79. The lowest BCUT2D eigenvalue weighted by atomic mass is 10.1. The van der Waals surface area contributed by atoms with Gasteiger partial charge in [0.15, 0.2) is 5.11 Å². The fourth-order valence-corrected chi connectivity index (χ4v) is 3.44. The second kappa shape index (κ2) is 7.94. The van der Waals surface area contributed by atoms with Gasteiger partial charge in [-0.2, -0.15) is 0 Å². The molecular formula is C17H13Cl2N3S2. The molecule has 0 bridgehead atoms. The van der Waals surface area contributed by atoms with Crippen molar-refractivity contribution in [2.24, 2.45) is 0 Å². The van der Waals surface area contributed by atoms with Crippen LogP contribution in [0.1, 0.15) is 5.56 Å². The van der Waals surface area contributed by atoms with Crippen LogP contribution in [-0.4, -0.2) is 10.1 Å². The Hall–Kier alpha value is -1.66. The Morgan fingerprint density at radius 3 is 2.79 bits per heavy atom. The number of thiocarbonyl (C=S) groups is 1. The van der Waals surface area contributed by atoms with E-state index in [0.717, 1.165) is 16.1 Å². The van der Waals surface area contributed by atoms with Crippen LogP contribution in [0.5, 0.6) is 0 Å². The summed E-state index contributed by atoms with van der Waals surface area (Å²) >= 11 is 19.2. The van der Waals surface area contributed by atoms with Gasteiger partial charge in [0.25, 0.3) is 0 Å². The van der Waals surface area contributed by atoms with E-state index in [-0.39, 0.29) is 0 Å². The lowest BCUT2D eigenvalue weighted by Gasteiger charge is -2.13. The molecule has 3 rings (SSSR count). The van der Waals surface area contributed by atoms with Gasteiger partial charge in [0.2, 0.25) is 0 Å². The third-order valence-corrected chi connectivity index (χ3v) is 5.23. The quantitative estimate of drug-likeness (QED) is 0.565. The highest BCUT2D eigenvalue weighted by Crippen LogP contribution is 2.29. The van der Waals surface area contributed by atoms with Gasteiger partial charge in [-0.05, 0) is 47.4 Å². The van der Waals surface area contributed by atoms with Crippen molar-refractivity contribution in [1.29, 1.82) is 0 Å². The van der Waals surface area contributed by atoms with E-state index in [1.807, 2.05) is 35.7 Å². The zero-order valence-corrected chi connectivity index (χ0v) is 15.6. The van der Waals surface area contributed by atoms with E-state index in [1.54, 1.807) is 23.6 Å². The van der Waals surface area contributed by atoms with Crippen molar-refractivity contribution in [1.82, 2.24) is 10.3 Å². The third-order valence-electron chi connectivity index (χ3n) is 3.29. The minimum absolute atomic E-state index is 0.448. The van der Waals surface area contributed by atoms with Gasteiger partial charge in [-0.1, -0.05) is 41.4 Å². The highest BCUT2D eigenvalue weighted by molar-refractivity contribution is 7.80. The van der Waals surface area contributed by atoms with Crippen LogP contribution in [0.3, 0.4) is 0 Å². The van der Waals surface area contributed by atoms with Gasteiger partial charge in [-0.15, -0.1) is 11.3 Å². The summed E-state index contributed by atoms with van der Waals surface area (Å²) < 4.78 is 0. The number of nitrogens with zero attached hydrogens (tertiary/aromatic N) is 1. The number of pyridine rings is 1. The molecule has 3 aromatic rings. The van der Waals surface area contributed by atoms with Gasteiger partial charge in [0, 0.05) is 12.7 Å².